The van der Waals surface area contributed by atoms with Crippen LogP contribution in [0.15, 0.2) is 0 Å². The fourth-order valence-electron chi connectivity index (χ4n) is 3.87. The molecule has 0 aromatic carbocycles. The van der Waals surface area contributed by atoms with Crippen LogP contribution < -0.4 is 5.32 Å². The first kappa shape index (κ1) is 15.3. The lowest BCUT2D eigenvalue weighted by atomic mass is 9.87. The van der Waals surface area contributed by atoms with Gasteiger partial charge in [0, 0.05) is 31.2 Å². The molecule has 0 amide bonds. The third-order valence-corrected chi connectivity index (χ3v) is 5.51. The van der Waals surface area contributed by atoms with Crippen molar-refractivity contribution in [2.75, 3.05) is 19.6 Å². The third-order valence-electron chi connectivity index (χ3n) is 5.51. The van der Waals surface area contributed by atoms with Crippen molar-refractivity contribution < 1.29 is 0 Å². The zero-order valence-electron chi connectivity index (χ0n) is 13.5. The minimum Gasteiger partial charge on any atom is -0.308 e. The summed E-state index contributed by atoms with van der Waals surface area (Å²) in [6.45, 7) is 13.3. The Morgan fingerprint density at radius 1 is 1.21 bits per heavy atom. The molecule has 1 aliphatic heterocycles. The molecule has 2 nitrogen and oxygen atoms in total. The Kier molecular flexibility index (Phi) is 5.30. The van der Waals surface area contributed by atoms with Crippen molar-refractivity contribution in [3.05, 3.63) is 0 Å². The molecule has 1 N–H and O–H groups in total. The highest BCUT2D eigenvalue weighted by Gasteiger charge is 2.43. The van der Waals surface area contributed by atoms with Crippen molar-refractivity contribution in [3.8, 4) is 0 Å². The van der Waals surface area contributed by atoms with Crippen LogP contribution in [-0.4, -0.2) is 36.1 Å². The average Bonchev–Trinajstić information content (AvgIpc) is 3.23. The molecule has 0 bridgehead atoms. The van der Waals surface area contributed by atoms with Gasteiger partial charge in [0.2, 0.25) is 0 Å². The van der Waals surface area contributed by atoms with Crippen LogP contribution >= 0.6 is 0 Å². The summed E-state index contributed by atoms with van der Waals surface area (Å²) in [7, 11) is 0. The van der Waals surface area contributed by atoms with Crippen molar-refractivity contribution in [2.24, 2.45) is 11.8 Å². The van der Waals surface area contributed by atoms with Crippen LogP contribution in [0.3, 0.4) is 0 Å². The van der Waals surface area contributed by atoms with Crippen molar-refractivity contribution in [2.45, 2.75) is 77.8 Å². The second-order valence-corrected chi connectivity index (χ2v) is 7.10. The molecule has 2 heteroatoms. The first-order chi connectivity index (χ1) is 9.14. The second kappa shape index (κ2) is 6.58. The van der Waals surface area contributed by atoms with Gasteiger partial charge in [0.15, 0.2) is 0 Å². The van der Waals surface area contributed by atoms with Crippen molar-refractivity contribution in [1.29, 1.82) is 0 Å². The predicted octanol–water partition coefficient (Wildman–Crippen LogP) is 3.67. The summed E-state index contributed by atoms with van der Waals surface area (Å²) in [5.74, 6) is 1.85. The maximum absolute atomic E-state index is 3.90. The molecule has 1 saturated heterocycles. The maximum Gasteiger partial charge on any atom is 0.0304 e. The van der Waals surface area contributed by atoms with Crippen molar-refractivity contribution in [3.63, 3.8) is 0 Å². The van der Waals surface area contributed by atoms with Gasteiger partial charge in [-0.15, -0.1) is 0 Å². The Morgan fingerprint density at radius 2 is 1.89 bits per heavy atom. The lowest BCUT2D eigenvalue weighted by molar-refractivity contribution is 0.0499. The summed E-state index contributed by atoms with van der Waals surface area (Å²) in [4.78, 5) is 2.85. The van der Waals surface area contributed by atoms with Gasteiger partial charge >= 0.3 is 0 Å². The number of hydrogen-bond donors (Lipinski definition) is 1. The van der Waals surface area contributed by atoms with E-state index in [4.69, 9.17) is 0 Å². The molecule has 0 aromatic rings. The Balaban J connectivity index is 1.99. The fraction of sp³-hybridized carbons (Fsp3) is 1.00. The van der Waals surface area contributed by atoms with Gasteiger partial charge in [-0.05, 0) is 43.9 Å². The van der Waals surface area contributed by atoms with Crippen LogP contribution in [0.1, 0.15) is 66.2 Å². The molecule has 0 spiro atoms. The quantitative estimate of drug-likeness (QED) is 0.756. The Labute approximate surface area is 120 Å². The summed E-state index contributed by atoms with van der Waals surface area (Å²) in [5, 5.41) is 3.90. The van der Waals surface area contributed by atoms with E-state index in [0.717, 1.165) is 17.9 Å². The molecule has 112 valence electrons. The largest absolute Gasteiger partial charge is 0.308 e. The molecule has 0 radical (unpaired) electrons. The molecule has 1 saturated carbocycles. The Hall–Kier alpha value is -0.0800. The average molecular weight is 266 g/mol. The molecule has 19 heavy (non-hydrogen) atoms. The summed E-state index contributed by atoms with van der Waals surface area (Å²) in [5.41, 5.74) is 0.386. The number of nitrogens with zero attached hydrogens (tertiary/aromatic N) is 1. The van der Waals surface area contributed by atoms with E-state index in [1.165, 1.54) is 58.2 Å². The van der Waals surface area contributed by atoms with Gasteiger partial charge in [-0.25, -0.2) is 0 Å². The van der Waals surface area contributed by atoms with Crippen molar-refractivity contribution >= 4 is 0 Å². The number of piperazine rings is 1. The highest BCUT2D eigenvalue weighted by molar-refractivity contribution is 5.01. The van der Waals surface area contributed by atoms with Crippen LogP contribution in [-0.2, 0) is 0 Å². The van der Waals surface area contributed by atoms with Gasteiger partial charge in [-0.3, -0.25) is 4.90 Å². The first-order valence-corrected chi connectivity index (χ1v) is 8.63. The molecule has 0 aromatic heterocycles. The fourth-order valence-corrected chi connectivity index (χ4v) is 3.87. The topological polar surface area (TPSA) is 15.3 Å². The number of hydrogen-bond acceptors (Lipinski definition) is 2. The van der Waals surface area contributed by atoms with Gasteiger partial charge in [-0.2, -0.15) is 0 Å². The van der Waals surface area contributed by atoms with Crippen LogP contribution in [0.5, 0.6) is 0 Å². The molecule has 1 aliphatic carbocycles. The lowest BCUT2D eigenvalue weighted by Gasteiger charge is -2.48. The van der Waals surface area contributed by atoms with E-state index in [9.17, 15) is 0 Å². The zero-order valence-corrected chi connectivity index (χ0v) is 13.5. The standard InChI is InChI=1S/C17H34N2/c1-5-8-14(4)12-19-13-17(6-2,7-3)18-11-16(19)15-9-10-15/h14-16,18H,5-13H2,1-4H3. The number of nitrogens with one attached hydrogen (secondary N) is 1. The predicted molar refractivity (Wildman–Crippen MR) is 83.5 cm³/mol. The monoisotopic (exact) mass is 266 g/mol. The summed E-state index contributed by atoms with van der Waals surface area (Å²) < 4.78 is 0. The van der Waals surface area contributed by atoms with E-state index in [-0.39, 0.29) is 0 Å². The molecule has 2 rings (SSSR count). The highest BCUT2D eigenvalue weighted by atomic mass is 15.3. The summed E-state index contributed by atoms with van der Waals surface area (Å²) in [6, 6.07) is 0.825. The summed E-state index contributed by atoms with van der Waals surface area (Å²) in [6.07, 6.45) is 8.17. The molecule has 2 unspecified atom stereocenters. The Morgan fingerprint density at radius 3 is 2.42 bits per heavy atom. The normalized spacial score (nSPS) is 29.4. The van der Waals surface area contributed by atoms with Crippen LogP contribution in [0, 0.1) is 11.8 Å². The maximum atomic E-state index is 3.90. The van der Waals surface area contributed by atoms with Crippen LogP contribution in [0.25, 0.3) is 0 Å². The van der Waals surface area contributed by atoms with Crippen molar-refractivity contribution in [1.82, 2.24) is 10.2 Å². The van der Waals surface area contributed by atoms with Gasteiger partial charge in [0.1, 0.15) is 0 Å². The third kappa shape index (κ3) is 3.72. The lowest BCUT2D eigenvalue weighted by Crippen LogP contribution is -2.64. The van der Waals surface area contributed by atoms with E-state index >= 15 is 0 Å². The smallest absolute Gasteiger partial charge is 0.0304 e. The van der Waals surface area contributed by atoms with E-state index in [0.29, 0.717) is 5.54 Å². The van der Waals surface area contributed by atoms with Gasteiger partial charge in [-0.1, -0.05) is 34.1 Å². The molecule has 1 heterocycles. The van der Waals surface area contributed by atoms with Gasteiger partial charge in [0.05, 0.1) is 0 Å². The summed E-state index contributed by atoms with van der Waals surface area (Å²) >= 11 is 0. The minimum absolute atomic E-state index is 0.386. The van der Waals surface area contributed by atoms with Gasteiger partial charge in [0.25, 0.3) is 0 Å². The minimum atomic E-state index is 0.386. The molecule has 2 fully saturated rings. The Bertz CT molecular complexity index is 268. The van der Waals surface area contributed by atoms with E-state index in [1.807, 2.05) is 0 Å². The second-order valence-electron chi connectivity index (χ2n) is 7.10. The molecule has 2 atom stereocenters. The molecular formula is C17H34N2. The van der Waals surface area contributed by atoms with Crippen LogP contribution in [0.4, 0.5) is 0 Å². The molecular weight excluding hydrogens is 232 g/mol. The zero-order chi connectivity index (χ0) is 13.9. The molecule has 2 aliphatic rings. The van der Waals surface area contributed by atoms with E-state index in [1.54, 1.807) is 0 Å². The van der Waals surface area contributed by atoms with E-state index in [2.05, 4.69) is 37.9 Å². The highest BCUT2D eigenvalue weighted by Crippen LogP contribution is 2.38. The SMILES string of the molecule is CCCC(C)CN1CC(CC)(CC)NCC1C1CC1. The van der Waals surface area contributed by atoms with E-state index < -0.39 is 0 Å². The van der Waals surface area contributed by atoms with Crippen LogP contribution in [0.2, 0.25) is 0 Å². The van der Waals surface area contributed by atoms with Gasteiger partial charge < -0.3 is 5.32 Å². The number of rotatable bonds is 7. The first-order valence-electron chi connectivity index (χ1n) is 8.63.